The first-order valence-corrected chi connectivity index (χ1v) is 6.48. The van der Waals surface area contributed by atoms with Crippen molar-refractivity contribution < 1.29 is 9.59 Å². The van der Waals surface area contributed by atoms with E-state index in [4.69, 9.17) is 5.73 Å². The van der Waals surface area contributed by atoms with Gasteiger partial charge in [-0.2, -0.15) is 0 Å². The zero-order valence-corrected chi connectivity index (χ0v) is 11.4. The summed E-state index contributed by atoms with van der Waals surface area (Å²) in [5, 5.41) is 3.00. The van der Waals surface area contributed by atoms with Crippen molar-refractivity contribution in [2.24, 2.45) is 5.73 Å². The molecule has 1 aliphatic heterocycles. The molecule has 0 aromatic heterocycles. The fraction of sp³-hybridized carbons (Fsp3) is 0.833. The third kappa shape index (κ3) is 4.14. The number of carbonyl (C=O) groups is 2. The molecular weight excluding hydrogens is 254 g/mol. The molecule has 1 heterocycles. The van der Waals surface area contributed by atoms with E-state index in [2.05, 4.69) is 5.32 Å². The number of amides is 2. The number of halogens is 1. The number of nitrogens with zero attached hydrogens (tertiary/aromatic N) is 1. The fourth-order valence-electron chi connectivity index (χ4n) is 2.58. The van der Waals surface area contributed by atoms with Gasteiger partial charge in [0.05, 0.1) is 6.54 Å². The van der Waals surface area contributed by atoms with E-state index >= 15 is 0 Å². The van der Waals surface area contributed by atoms with Crippen molar-refractivity contribution in [3.05, 3.63) is 0 Å². The molecule has 3 N–H and O–H groups in total. The van der Waals surface area contributed by atoms with Crippen LogP contribution in [0, 0.1) is 0 Å². The standard InChI is InChI=1S/C12H21N3O2.ClH/c13-9-3-5-10(6-4-9)14-11(16)8-15-7-1-2-12(15)17;/h9-10H,1-8,13H2,(H,14,16);1H. The zero-order chi connectivity index (χ0) is 12.3. The number of nitrogens with two attached hydrogens (primary N) is 1. The third-order valence-electron chi connectivity index (χ3n) is 3.64. The molecule has 1 saturated carbocycles. The van der Waals surface area contributed by atoms with E-state index in [0.717, 1.165) is 38.6 Å². The van der Waals surface area contributed by atoms with Crippen LogP contribution >= 0.6 is 12.4 Å². The molecule has 2 fully saturated rings. The van der Waals surface area contributed by atoms with Gasteiger partial charge in [0.2, 0.25) is 11.8 Å². The Morgan fingerprint density at radius 3 is 2.56 bits per heavy atom. The molecule has 0 aromatic carbocycles. The Hall–Kier alpha value is -0.810. The highest BCUT2D eigenvalue weighted by atomic mass is 35.5. The molecular formula is C12H22ClN3O2. The Bertz CT molecular complexity index is 304. The van der Waals surface area contributed by atoms with Crippen molar-refractivity contribution in [2.75, 3.05) is 13.1 Å². The van der Waals surface area contributed by atoms with Crippen LogP contribution < -0.4 is 11.1 Å². The highest BCUT2D eigenvalue weighted by molar-refractivity contribution is 5.86. The van der Waals surface area contributed by atoms with Crippen LogP contribution in [-0.4, -0.2) is 41.9 Å². The minimum atomic E-state index is -0.0271. The molecule has 0 spiro atoms. The lowest BCUT2D eigenvalue weighted by atomic mass is 9.92. The van der Waals surface area contributed by atoms with Gasteiger partial charge in [0, 0.05) is 25.0 Å². The lowest BCUT2D eigenvalue weighted by Crippen LogP contribution is -2.45. The largest absolute Gasteiger partial charge is 0.352 e. The van der Waals surface area contributed by atoms with Crippen molar-refractivity contribution in [3.63, 3.8) is 0 Å². The Kier molecular flexibility index (Phi) is 5.88. The van der Waals surface area contributed by atoms with Gasteiger partial charge in [-0.1, -0.05) is 0 Å². The summed E-state index contributed by atoms with van der Waals surface area (Å²) in [5.41, 5.74) is 5.81. The predicted molar refractivity (Wildman–Crippen MR) is 71.4 cm³/mol. The summed E-state index contributed by atoms with van der Waals surface area (Å²) in [7, 11) is 0. The van der Waals surface area contributed by atoms with Crippen LogP contribution in [0.1, 0.15) is 38.5 Å². The van der Waals surface area contributed by atoms with Crippen molar-refractivity contribution in [1.29, 1.82) is 0 Å². The van der Waals surface area contributed by atoms with E-state index in [0.29, 0.717) is 12.5 Å². The fourth-order valence-corrected chi connectivity index (χ4v) is 2.58. The minimum absolute atomic E-state index is 0. The second-order valence-corrected chi connectivity index (χ2v) is 5.10. The van der Waals surface area contributed by atoms with Crippen LogP contribution in [0.25, 0.3) is 0 Å². The van der Waals surface area contributed by atoms with Crippen LogP contribution in [0.15, 0.2) is 0 Å². The predicted octanol–water partition coefficient (Wildman–Crippen LogP) is 0.417. The smallest absolute Gasteiger partial charge is 0.239 e. The summed E-state index contributed by atoms with van der Waals surface area (Å²) in [5.74, 6) is 0.0755. The quantitative estimate of drug-likeness (QED) is 0.784. The van der Waals surface area contributed by atoms with Gasteiger partial charge in [-0.3, -0.25) is 9.59 Å². The second kappa shape index (κ2) is 6.95. The van der Waals surface area contributed by atoms with Crippen molar-refractivity contribution >= 4 is 24.2 Å². The van der Waals surface area contributed by atoms with Gasteiger partial charge in [-0.05, 0) is 32.1 Å². The molecule has 5 nitrogen and oxygen atoms in total. The van der Waals surface area contributed by atoms with E-state index in [9.17, 15) is 9.59 Å². The topological polar surface area (TPSA) is 75.4 Å². The first kappa shape index (κ1) is 15.2. The van der Waals surface area contributed by atoms with Crippen molar-refractivity contribution in [1.82, 2.24) is 10.2 Å². The SMILES string of the molecule is Cl.NC1CCC(NC(=O)CN2CCCC2=O)CC1. The number of hydrogen-bond donors (Lipinski definition) is 2. The maximum atomic E-state index is 11.8. The maximum Gasteiger partial charge on any atom is 0.239 e. The van der Waals surface area contributed by atoms with Gasteiger partial charge in [0.25, 0.3) is 0 Å². The summed E-state index contributed by atoms with van der Waals surface area (Å²) in [6.07, 6.45) is 5.35. The average molecular weight is 276 g/mol. The summed E-state index contributed by atoms with van der Waals surface area (Å²) in [6.45, 7) is 0.948. The van der Waals surface area contributed by atoms with E-state index in [1.54, 1.807) is 4.90 Å². The van der Waals surface area contributed by atoms with Crippen LogP contribution in [0.2, 0.25) is 0 Å². The molecule has 0 radical (unpaired) electrons. The molecule has 2 rings (SSSR count). The lowest BCUT2D eigenvalue weighted by Gasteiger charge is -2.27. The van der Waals surface area contributed by atoms with Crippen molar-refractivity contribution in [3.8, 4) is 0 Å². The number of hydrogen-bond acceptors (Lipinski definition) is 3. The first-order chi connectivity index (χ1) is 8.15. The van der Waals surface area contributed by atoms with Gasteiger partial charge in [-0.25, -0.2) is 0 Å². The van der Waals surface area contributed by atoms with Crippen LogP contribution in [-0.2, 0) is 9.59 Å². The van der Waals surface area contributed by atoms with Gasteiger partial charge in [0.15, 0.2) is 0 Å². The third-order valence-corrected chi connectivity index (χ3v) is 3.64. The molecule has 0 bridgehead atoms. The molecule has 1 saturated heterocycles. The van der Waals surface area contributed by atoms with Gasteiger partial charge >= 0.3 is 0 Å². The minimum Gasteiger partial charge on any atom is -0.352 e. The highest BCUT2D eigenvalue weighted by Crippen LogP contribution is 2.17. The number of carbonyl (C=O) groups excluding carboxylic acids is 2. The van der Waals surface area contributed by atoms with E-state index in [1.165, 1.54) is 0 Å². The molecule has 18 heavy (non-hydrogen) atoms. The van der Waals surface area contributed by atoms with E-state index < -0.39 is 0 Å². The lowest BCUT2D eigenvalue weighted by molar-refractivity contribution is -0.133. The molecule has 6 heteroatoms. The van der Waals surface area contributed by atoms with Crippen LogP contribution in [0.5, 0.6) is 0 Å². The zero-order valence-electron chi connectivity index (χ0n) is 10.6. The monoisotopic (exact) mass is 275 g/mol. The average Bonchev–Trinajstić information content (AvgIpc) is 2.68. The molecule has 104 valence electrons. The molecule has 0 atom stereocenters. The van der Waals surface area contributed by atoms with Crippen LogP contribution in [0.3, 0.4) is 0 Å². The number of rotatable bonds is 3. The molecule has 0 aromatic rings. The van der Waals surface area contributed by atoms with Gasteiger partial charge in [-0.15, -0.1) is 12.4 Å². The Morgan fingerprint density at radius 2 is 2.00 bits per heavy atom. The normalized spacial score (nSPS) is 27.8. The first-order valence-electron chi connectivity index (χ1n) is 6.48. The van der Waals surface area contributed by atoms with Crippen LogP contribution in [0.4, 0.5) is 0 Å². The second-order valence-electron chi connectivity index (χ2n) is 5.10. The molecule has 2 aliphatic rings. The Morgan fingerprint density at radius 1 is 1.33 bits per heavy atom. The number of likely N-dealkylation sites (tertiary alicyclic amines) is 1. The Labute approximate surface area is 114 Å². The summed E-state index contributed by atoms with van der Waals surface area (Å²) in [6, 6.07) is 0.545. The highest BCUT2D eigenvalue weighted by Gasteiger charge is 2.24. The Balaban J connectivity index is 0.00000162. The molecule has 2 amide bonds. The van der Waals surface area contributed by atoms with Gasteiger partial charge < -0.3 is 16.0 Å². The van der Waals surface area contributed by atoms with Crippen molar-refractivity contribution in [2.45, 2.75) is 50.6 Å². The summed E-state index contributed by atoms with van der Waals surface area (Å²) < 4.78 is 0. The molecule has 1 aliphatic carbocycles. The summed E-state index contributed by atoms with van der Waals surface area (Å²) in [4.78, 5) is 24.8. The van der Waals surface area contributed by atoms with E-state index in [1.807, 2.05) is 0 Å². The maximum absolute atomic E-state index is 11.8. The van der Waals surface area contributed by atoms with Gasteiger partial charge in [0.1, 0.15) is 0 Å². The molecule has 0 unspecified atom stereocenters. The van der Waals surface area contributed by atoms with E-state index in [-0.39, 0.29) is 36.8 Å². The summed E-state index contributed by atoms with van der Waals surface area (Å²) >= 11 is 0. The number of nitrogens with one attached hydrogen (secondary N) is 1.